The lowest BCUT2D eigenvalue weighted by molar-refractivity contribution is -0.137. The molecule has 0 heterocycles. The average molecular weight is 337 g/mol. The van der Waals surface area contributed by atoms with Crippen molar-refractivity contribution in [1.82, 2.24) is 0 Å². The van der Waals surface area contributed by atoms with Crippen molar-refractivity contribution in [3.8, 4) is 0 Å². The van der Waals surface area contributed by atoms with Gasteiger partial charge >= 0.3 is 5.97 Å². The van der Waals surface area contributed by atoms with Gasteiger partial charge in [-0.15, -0.1) is 0 Å². The summed E-state index contributed by atoms with van der Waals surface area (Å²) in [6.45, 7) is 2.26. The largest absolute Gasteiger partial charge is 0.481 e. The Kier molecular flexibility index (Phi) is 19.1. The number of aliphatic carboxylic acids is 1. The second-order valence-electron chi connectivity index (χ2n) is 6.79. The molecule has 0 bridgehead atoms. The summed E-state index contributed by atoms with van der Waals surface area (Å²) in [5.74, 6) is -0.663. The van der Waals surface area contributed by atoms with Crippen molar-refractivity contribution in [1.29, 1.82) is 0 Å². The molecule has 140 valence electrons. The summed E-state index contributed by atoms with van der Waals surface area (Å²) in [5.41, 5.74) is 0. The van der Waals surface area contributed by atoms with Gasteiger partial charge in [-0.1, -0.05) is 89.0 Å². The van der Waals surface area contributed by atoms with E-state index in [9.17, 15) is 4.79 Å². The zero-order valence-corrected chi connectivity index (χ0v) is 16.0. The maximum Gasteiger partial charge on any atom is 0.303 e. The van der Waals surface area contributed by atoms with Gasteiger partial charge in [0.15, 0.2) is 0 Å². The summed E-state index contributed by atoms with van der Waals surface area (Å²) in [4.78, 5) is 10.4. The van der Waals surface area contributed by atoms with Gasteiger partial charge in [0.2, 0.25) is 0 Å². The lowest BCUT2D eigenvalue weighted by Gasteiger charge is -2.00. The molecule has 2 nitrogen and oxygen atoms in total. The Morgan fingerprint density at radius 3 is 1.62 bits per heavy atom. The highest BCUT2D eigenvalue weighted by Crippen LogP contribution is 2.10. The number of carboxylic acid groups (broad SMARTS) is 1. The van der Waals surface area contributed by atoms with Gasteiger partial charge in [0, 0.05) is 6.42 Å². The number of hydrogen-bond acceptors (Lipinski definition) is 1. The van der Waals surface area contributed by atoms with Gasteiger partial charge < -0.3 is 5.11 Å². The molecular weight excluding hydrogens is 296 g/mol. The normalized spacial score (nSPS) is 11.7. The molecule has 0 atom stereocenters. The minimum atomic E-state index is -0.663. The summed E-state index contributed by atoms with van der Waals surface area (Å²) in [6, 6.07) is 0. The van der Waals surface area contributed by atoms with Crippen molar-refractivity contribution in [3.63, 3.8) is 0 Å². The highest BCUT2D eigenvalue weighted by molar-refractivity contribution is 5.66. The smallest absolute Gasteiger partial charge is 0.303 e. The van der Waals surface area contributed by atoms with Gasteiger partial charge in [0.1, 0.15) is 0 Å². The third-order valence-electron chi connectivity index (χ3n) is 4.34. The zero-order valence-electron chi connectivity index (χ0n) is 16.0. The zero-order chi connectivity index (χ0) is 17.7. The Labute approximate surface area is 150 Å². The van der Waals surface area contributed by atoms with E-state index in [1.54, 1.807) is 0 Å². The molecule has 0 unspecified atom stereocenters. The molecule has 0 aliphatic heterocycles. The fourth-order valence-electron chi connectivity index (χ4n) is 2.79. The molecule has 0 aromatic heterocycles. The van der Waals surface area contributed by atoms with Gasteiger partial charge in [-0.05, 0) is 38.5 Å². The van der Waals surface area contributed by atoms with Gasteiger partial charge in [-0.3, -0.25) is 4.79 Å². The van der Waals surface area contributed by atoms with E-state index in [4.69, 9.17) is 5.11 Å². The molecule has 0 fully saturated rings. The molecular formula is C22H40O2. The van der Waals surface area contributed by atoms with E-state index in [0.717, 1.165) is 19.3 Å². The number of hydrogen-bond donors (Lipinski definition) is 1. The quantitative estimate of drug-likeness (QED) is 0.208. The molecule has 0 aromatic rings. The second-order valence-corrected chi connectivity index (χ2v) is 6.79. The van der Waals surface area contributed by atoms with E-state index in [0.29, 0.717) is 6.42 Å². The highest BCUT2D eigenvalue weighted by Gasteiger charge is 1.96. The Bertz CT molecular complexity index is 318. The first kappa shape index (κ1) is 22.9. The first-order chi connectivity index (χ1) is 11.8. The minimum absolute atomic E-state index is 0.331. The van der Waals surface area contributed by atoms with Crippen molar-refractivity contribution < 1.29 is 9.90 Å². The van der Waals surface area contributed by atoms with Crippen molar-refractivity contribution in [3.05, 3.63) is 24.3 Å². The van der Waals surface area contributed by atoms with Crippen molar-refractivity contribution in [2.75, 3.05) is 0 Å². The first-order valence-electron chi connectivity index (χ1n) is 10.3. The number of allylic oxidation sites excluding steroid dienone is 4. The number of unbranched alkanes of at least 4 members (excludes halogenated alkanes) is 12. The fraction of sp³-hybridized carbons (Fsp3) is 0.773. The summed E-state index contributed by atoms with van der Waals surface area (Å²) >= 11 is 0. The van der Waals surface area contributed by atoms with Crippen LogP contribution in [0.3, 0.4) is 0 Å². The molecule has 0 aliphatic rings. The summed E-state index contributed by atoms with van der Waals surface area (Å²) in [5, 5.41) is 8.55. The van der Waals surface area contributed by atoms with E-state index >= 15 is 0 Å². The van der Waals surface area contributed by atoms with Crippen LogP contribution in [0.5, 0.6) is 0 Å². The second kappa shape index (κ2) is 20.0. The fourth-order valence-corrected chi connectivity index (χ4v) is 2.79. The van der Waals surface area contributed by atoms with Crippen LogP contribution in [0.4, 0.5) is 0 Å². The molecule has 24 heavy (non-hydrogen) atoms. The predicted octanol–water partition coefficient (Wildman–Crippen LogP) is 7.44. The van der Waals surface area contributed by atoms with Crippen molar-refractivity contribution >= 4 is 5.97 Å². The molecule has 1 N–H and O–H groups in total. The summed E-state index contributed by atoms with van der Waals surface area (Å²) < 4.78 is 0. The van der Waals surface area contributed by atoms with Crippen LogP contribution in [-0.4, -0.2) is 11.1 Å². The Morgan fingerprint density at radius 1 is 0.667 bits per heavy atom. The molecule has 0 rings (SSSR count). The van der Waals surface area contributed by atoms with E-state index in [1.165, 1.54) is 77.0 Å². The Morgan fingerprint density at radius 2 is 1.12 bits per heavy atom. The average Bonchev–Trinajstić information content (AvgIpc) is 2.56. The summed E-state index contributed by atoms with van der Waals surface area (Å²) in [6.07, 6.45) is 28.2. The molecule has 0 radical (unpaired) electrons. The number of rotatable bonds is 18. The van der Waals surface area contributed by atoms with E-state index in [2.05, 4.69) is 31.2 Å². The number of carbonyl (C=O) groups is 1. The molecule has 0 aromatic carbocycles. The van der Waals surface area contributed by atoms with E-state index in [-0.39, 0.29) is 0 Å². The van der Waals surface area contributed by atoms with Crippen LogP contribution in [0.15, 0.2) is 24.3 Å². The van der Waals surface area contributed by atoms with Gasteiger partial charge in [-0.2, -0.15) is 0 Å². The molecule has 0 spiro atoms. The van der Waals surface area contributed by atoms with Crippen molar-refractivity contribution in [2.24, 2.45) is 0 Å². The van der Waals surface area contributed by atoms with E-state index < -0.39 is 5.97 Å². The van der Waals surface area contributed by atoms with Crippen LogP contribution in [0.25, 0.3) is 0 Å². The lowest BCUT2D eigenvalue weighted by Crippen LogP contribution is -1.93. The van der Waals surface area contributed by atoms with Crippen LogP contribution >= 0.6 is 0 Å². The SMILES string of the molecule is CCCCCCC/C=C/C/C=C/CCCCCCCCCC(=O)O. The molecule has 2 heteroatoms. The lowest BCUT2D eigenvalue weighted by atomic mass is 10.1. The monoisotopic (exact) mass is 336 g/mol. The highest BCUT2D eigenvalue weighted by atomic mass is 16.4. The van der Waals surface area contributed by atoms with Crippen LogP contribution in [-0.2, 0) is 4.79 Å². The van der Waals surface area contributed by atoms with Crippen LogP contribution in [0, 0.1) is 0 Å². The third kappa shape index (κ3) is 20.9. The number of carboxylic acids is 1. The van der Waals surface area contributed by atoms with Gasteiger partial charge in [0.25, 0.3) is 0 Å². The molecule has 0 saturated heterocycles. The van der Waals surface area contributed by atoms with Crippen LogP contribution in [0.2, 0.25) is 0 Å². The topological polar surface area (TPSA) is 37.3 Å². The molecule has 0 amide bonds. The van der Waals surface area contributed by atoms with Crippen LogP contribution in [0.1, 0.15) is 110 Å². The van der Waals surface area contributed by atoms with E-state index in [1.807, 2.05) is 0 Å². The predicted molar refractivity (Wildman–Crippen MR) is 105 cm³/mol. The Hall–Kier alpha value is -1.05. The first-order valence-corrected chi connectivity index (χ1v) is 10.3. The molecule has 0 saturated carbocycles. The maximum atomic E-state index is 10.4. The maximum absolute atomic E-state index is 10.4. The van der Waals surface area contributed by atoms with Gasteiger partial charge in [0.05, 0.1) is 0 Å². The minimum Gasteiger partial charge on any atom is -0.481 e. The Balaban J connectivity index is 3.17. The summed E-state index contributed by atoms with van der Waals surface area (Å²) in [7, 11) is 0. The van der Waals surface area contributed by atoms with Crippen molar-refractivity contribution in [2.45, 2.75) is 110 Å². The molecule has 0 aliphatic carbocycles. The standard InChI is InChI=1S/C22H40O2/c1-2-3-4-5-6-7-8-9-10-11-12-13-14-15-16-17-18-19-20-21-22(23)24/h8-9,11-12H,2-7,10,13-21H2,1H3,(H,23,24)/b9-8+,12-11+. The van der Waals surface area contributed by atoms with Crippen LogP contribution < -0.4 is 0 Å². The third-order valence-corrected chi connectivity index (χ3v) is 4.34. The van der Waals surface area contributed by atoms with Gasteiger partial charge in [-0.25, -0.2) is 0 Å².